The molecule has 0 aliphatic heterocycles. The van der Waals surface area contributed by atoms with Crippen molar-refractivity contribution in [2.75, 3.05) is 24.6 Å². The molecule has 70 valence electrons. The maximum absolute atomic E-state index is 10.8. The third-order valence-electron chi connectivity index (χ3n) is 1.49. The molecular formula is C8H12N4O. The van der Waals surface area contributed by atoms with E-state index in [0.29, 0.717) is 11.5 Å². The van der Waals surface area contributed by atoms with Crippen LogP contribution in [-0.4, -0.2) is 24.5 Å². The lowest BCUT2D eigenvalue weighted by Crippen LogP contribution is -2.26. The van der Waals surface area contributed by atoms with E-state index in [1.807, 2.05) is 0 Å². The fourth-order valence-electron chi connectivity index (χ4n) is 0.803. The Morgan fingerprint density at radius 1 is 1.69 bits per heavy atom. The summed E-state index contributed by atoms with van der Waals surface area (Å²) in [4.78, 5) is 14.8. The van der Waals surface area contributed by atoms with Gasteiger partial charge in [-0.1, -0.05) is 0 Å². The van der Waals surface area contributed by atoms with E-state index >= 15 is 0 Å². The molecule has 5 nitrogen and oxygen atoms in total. The van der Waals surface area contributed by atoms with Crippen LogP contribution in [0.25, 0.3) is 0 Å². The third-order valence-corrected chi connectivity index (χ3v) is 1.49. The number of likely N-dealkylation sites (N-methyl/N-ethyl adjacent to an activating group) is 1. The van der Waals surface area contributed by atoms with Crippen molar-refractivity contribution in [3.05, 3.63) is 18.3 Å². The van der Waals surface area contributed by atoms with Crippen molar-refractivity contribution in [3.63, 3.8) is 0 Å². The van der Waals surface area contributed by atoms with Gasteiger partial charge in [-0.3, -0.25) is 4.79 Å². The van der Waals surface area contributed by atoms with Crippen molar-refractivity contribution in [1.29, 1.82) is 0 Å². The average Bonchev–Trinajstić information content (AvgIpc) is 2.14. The van der Waals surface area contributed by atoms with Crippen LogP contribution in [0.1, 0.15) is 0 Å². The van der Waals surface area contributed by atoms with E-state index in [4.69, 9.17) is 5.73 Å². The van der Waals surface area contributed by atoms with Gasteiger partial charge in [-0.15, -0.1) is 0 Å². The van der Waals surface area contributed by atoms with Crippen molar-refractivity contribution in [3.8, 4) is 0 Å². The molecule has 0 saturated heterocycles. The van der Waals surface area contributed by atoms with Crippen LogP contribution < -0.4 is 16.4 Å². The van der Waals surface area contributed by atoms with E-state index in [0.717, 1.165) is 0 Å². The van der Waals surface area contributed by atoms with Crippen LogP contribution in [0.15, 0.2) is 18.3 Å². The average molecular weight is 180 g/mol. The van der Waals surface area contributed by atoms with Crippen molar-refractivity contribution >= 4 is 17.4 Å². The van der Waals surface area contributed by atoms with Gasteiger partial charge in [-0.25, -0.2) is 4.98 Å². The number of nitrogens with one attached hydrogen (secondary N) is 2. The zero-order chi connectivity index (χ0) is 9.68. The summed E-state index contributed by atoms with van der Waals surface area (Å²) in [5, 5.41) is 5.32. The van der Waals surface area contributed by atoms with Crippen molar-refractivity contribution in [2.45, 2.75) is 0 Å². The fourth-order valence-corrected chi connectivity index (χ4v) is 0.803. The van der Waals surface area contributed by atoms with Gasteiger partial charge < -0.3 is 16.4 Å². The number of carbonyl (C=O) groups excluding carboxylic acids is 1. The number of amides is 1. The number of hydrogen-bond donors (Lipinski definition) is 3. The Kier molecular flexibility index (Phi) is 3.08. The number of rotatable bonds is 3. The normalized spacial score (nSPS) is 9.31. The number of nitrogen functional groups attached to an aromatic ring is 1. The van der Waals surface area contributed by atoms with Gasteiger partial charge in [-0.2, -0.15) is 0 Å². The van der Waals surface area contributed by atoms with Crippen molar-refractivity contribution < 1.29 is 4.79 Å². The minimum Gasteiger partial charge on any atom is -0.399 e. The predicted octanol–water partition coefficient (Wildman–Crippen LogP) is -0.178. The standard InChI is InChI=1S/C8H12N4O/c1-10-8(13)5-12-7-4-6(9)2-3-11-7/h2-4H,5H2,1H3,(H,10,13)(H3,9,11,12). The molecule has 0 unspecified atom stereocenters. The molecule has 1 aromatic rings. The summed E-state index contributed by atoms with van der Waals surface area (Å²) in [5.74, 6) is 0.507. The molecule has 0 saturated carbocycles. The van der Waals surface area contributed by atoms with Crippen molar-refractivity contribution in [2.24, 2.45) is 0 Å². The first kappa shape index (κ1) is 9.31. The highest BCUT2D eigenvalue weighted by atomic mass is 16.1. The van der Waals surface area contributed by atoms with Crippen LogP contribution in [-0.2, 0) is 4.79 Å². The number of aromatic nitrogens is 1. The zero-order valence-corrected chi connectivity index (χ0v) is 7.37. The second-order valence-electron chi connectivity index (χ2n) is 2.50. The minimum atomic E-state index is -0.0933. The molecule has 1 heterocycles. The van der Waals surface area contributed by atoms with Crippen LogP contribution in [0.3, 0.4) is 0 Å². The highest BCUT2D eigenvalue weighted by Gasteiger charge is 1.98. The third kappa shape index (κ3) is 2.98. The Bertz CT molecular complexity index is 300. The SMILES string of the molecule is CNC(=O)CNc1cc(N)ccn1. The van der Waals surface area contributed by atoms with E-state index in [2.05, 4.69) is 15.6 Å². The highest BCUT2D eigenvalue weighted by Crippen LogP contribution is 2.06. The smallest absolute Gasteiger partial charge is 0.239 e. The number of anilines is 2. The molecule has 1 amide bonds. The first-order valence-corrected chi connectivity index (χ1v) is 3.88. The van der Waals surface area contributed by atoms with E-state index in [-0.39, 0.29) is 12.5 Å². The molecule has 1 rings (SSSR count). The lowest BCUT2D eigenvalue weighted by Gasteiger charge is -2.04. The largest absolute Gasteiger partial charge is 0.399 e. The summed E-state index contributed by atoms with van der Waals surface area (Å²) < 4.78 is 0. The molecule has 0 aromatic carbocycles. The second kappa shape index (κ2) is 4.30. The maximum Gasteiger partial charge on any atom is 0.239 e. The molecule has 4 N–H and O–H groups in total. The number of pyridine rings is 1. The van der Waals surface area contributed by atoms with E-state index in [1.165, 1.54) is 0 Å². The summed E-state index contributed by atoms with van der Waals surface area (Å²) in [5.41, 5.74) is 6.14. The molecule has 0 bridgehead atoms. The van der Waals surface area contributed by atoms with Crippen LogP contribution in [0.4, 0.5) is 11.5 Å². The molecule has 0 spiro atoms. The molecule has 0 radical (unpaired) electrons. The Labute approximate surface area is 76.3 Å². The van der Waals surface area contributed by atoms with E-state index in [1.54, 1.807) is 25.4 Å². The molecule has 0 fully saturated rings. The summed E-state index contributed by atoms with van der Waals surface area (Å²) in [6.45, 7) is 0.201. The van der Waals surface area contributed by atoms with Gasteiger partial charge in [0, 0.05) is 25.0 Å². The molecule has 13 heavy (non-hydrogen) atoms. The predicted molar refractivity (Wildman–Crippen MR) is 51.2 cm³/mol. The number of nitrogens with zero attached hydrogens (tertiary/aromatic N) is 1. The Hall–Kier alpha value is -1.78. The fraction of sp³-hybridized carbons (Fsp3) is 0.250. The molecule has 5 heteroatoms. The zero-order valence-electron chi connectivity index (χ0n) is 7.37. The summed E-state index contributed by atoms with van der Waals surface area (Å²) >= 11 is 0. The van der Waals surface area contributed by atoms with Gasteiger partial charge in [0.15, 0.2) is 0 Å². The second-order valence-corrected chi connectivity index (χ2v) is 2.50. The van der Waals surface area contributed by atoms with Crippen LogP contribution >= 0.6 is 0 Å². The molecule has 0 aliphatic carbocycles. The topological polar surface area (TPSA) is 80.0 Å². The van der Waals surface area contributed by atoms with E-state index < -0.39 is 0 Å². The quantitative estimate of drug-likeness (QED) is 0.603. The molecule has 0 atom stereocenters. The molecule has 0 aliphatic rings. The Balaban J connectivity index is 2.50. The minimum absolute atomic E-state index is 0.0933. The van der Waals surface area contributed by atoms with Crippen molar-refractivity contribution in [1.82, 2.24) is 10.3 Å². The van der Waals surface area contributed by atoms with Crippen LogP contribution in [0, 0.1) is 0 Å². The molecular weight excluding hydrogens is 168 g/mol. The van der Waals surface area contributed by atoms with Crippen LogP contribution in [0.2, 0.25) is 0 Å². The van der Waals surface area contributed by atoms with Gasteiger partial charge in [-0.05, 0) is 6.07 Å². The molecule has 1 aromatic heterocycles. The van der Waals surface area contributed by atoms with Gasteiger partial charge in [0.05, 0.1) is 6.54 Å². The Morgan fingerprint density at radius 3 is 3.08 bits per heavy atom. The number of carbonyl (C=O) groups is 1. The lowest BCUT2D eigenvalue weighted by atomic mass is 10.4. The first-order valence-electron chi connectivity index (χ1n) is 3.88. The van der Waals surface area contributed by atoms with Gasteiger partial charge in [0.2, 0.25) is 5.91 Å². The number of hydrogen-bond acceptors (Lipinski definition) is 4. The van der Waals surface area contributed by atoms with Crippen LogP contribution in [0.5, 0.6) is 0 Å². The summed E-state index contributed by atoms with van der Waals surface area (Å²) in [6, 6.07) is 3.36. The first-order chi connectivity index (χ1) is 6.22. The maximum atomic E-state index is 10.8. The lowest BCUT2D eigenvalue weighted by molar-refractivity contribution is -0.118. The summed E-state index contributed by atoms with van der Waals surface area (Å²) in [6.07, 6.45) is 1.58. The van der Waals surface area contributed by atoms with Gasteiger partial charge >= 0.3 is 0 Å². The number of nitrogens with two attached hydrogens (primary N) is 1. The highest BCUT2D eigenvalue weighted by molar-refractivity contribution is 5.80. The van der Waals surface area contributed by atoms with Gasteiger partial charge in [0.25, 0.3) is 0 Å². The van der Waals surface area contributed by atoms with Gasteiger partial charge in [0.1, 0.15) is 5.82 Å². The Morgan fingerprint density at radius 2 is 2.46 bits per heavy atom. The van der Waals surface area contributed by atoms with E-state index in [9.17, 15) is 4.79 Å². The monoisotopic (exact) mass is 180 g/mol. The summed E-state index contributed by atoms with van der Waals surface area (Å²) in [7, 11) is 1.58.